The van der Waals surface area contributed by atoms with Crippen molar-refractivity contribution in [2.24, 2.45) is 0 Å². The van der Waals surface area contributed by atoms with Crippen molar-refractivity contribution in [2.75, 3.05) is 15.9 Å². The molecule has 8 nitrogen and oxygen atoms in total. The lowest BCUT2D eigenvalue weighted by molar-refractivity contribution is -0.384. The van der Waals surface area contributed by atoms with Crippen LogP contribution in [0.2, 0.25) is 0 Å². The molecule has 0 fully saturated rings. The van der Waals surface area contributed by atoms with Crippen LogP contribution in [0, 0.1) is 10.1 Å². The Morgan fingerprint density at radius 3 is 2.24 bits per heavy atom. The van der Waals surface area contributed by atoms with Crippen LogP contribution in [-0.2, 0) is 21.0 Å². The third-order valence-electron chi connectivity index (χ3n) is 3.86. The highest BCUT2D eigenvalue weighted by atomic mass is 32.2. The summed E-state index contributed by atoms with van der Waals surface area (Å²) in [6.45, 7) is 1.25. The minimum Gasteiger partial charge on any atom is -0.324 e. The number of nitrogens with one attached hydrogen (secondary N) is 1. The van der Waals surface area contributed by atoms with Gasteiger partial charge in [0.25, 0.3) is 5.69 Å². The zero-order valence-corrected chi connectivity index (χ0v) is 16.0. The summed E-state index contributed by atoms with van der Waals surface area (Å²) in [4.78, 5) is 22.7. The predicted molar refractivity (Wildman–Crippen MR) is 100.0 cm³/mol. The summed E-state index contributed by atoms with van der Waals surface area (Å²) in [6, 6.07) is 7.00. The number of alkyl halides is 3. The summed E-state index contributed by atoms with van der Waals surface area (Å²) in [7, 11) is -4.02. The first-order valence-electron chi connectivity index (χ1n) is 8.02. The minimum absolute atomic E-state index is 0.0299. The van der Waals surface area contributed by atoms with Crippen LogP contribution in [0.3, 0.4) is 0 Å². The number of amides is 1. The standard InChI is InChI=1S/C17H16F3N3O5S/c1-11(16(24)21-13-8-6-12(7-9-13)17(18,19)20)22(29(2,27)28)14-4-3-5-15(10-14)23(25)26/h3-11H,1-2H3,(H,21,24). The second-order valence-electron chi connectivity index (χ2n) is 6.08. The number of halogens is 3. The molecule has 0 saturated carbocycles. The monoisotopic (exact) mass is 431 g/mol. The summed E-state index contributed by atoms with van der Waals surface area (Å²) < 4.78 is 63.0. The van der Waals surface area contributed by atoms with E-state index in [-0.39, 0.29) is 17.1 Å². The molecule has 1 atom stereocenters. The van der Waals surface area contributed by atoms with E-state index in [4.69, 9.17) is 0 Å². The van der Waals surface area contributed by atoms with Crippen LogP contribution in [0.25, 0.3) is 0 Å². The maximum Gasteiger partial charge on any atom is 0.416 e. The second-order valence-corrected chi connectivity index (χ2v) is 7.94. The molecule has 156 valence electrons. The summed E-state index contributed by atoms with van der Waals surface area (Å²) in [5.41, 5.74) is -1.34. The zero-order valence-electron chi connectivity index (χ0n) is 15.2. The zero-order chi connectivity index (χ0) is 22.0. The highest BCUT2D eigenvalue weighted by Crippen LogP contribution is 2.30. The van der Waals surface area contributed by atoms with Crippen molar-refractivity contribution in [1.82, 2.24) is 0 Å². The molecule has 0 aliphatic heterocycles. The average molecular weight is 431 g/mol. The molecule has 0 aliphatic rings. The number of non-ortho nitro benzene ring substituents is 1. The first kappa shape index (κ1) is 22.1. The fourth-order valence-electron chi connectivity index (χ4n) is 2.54. The highest BCUT2D eigenvalue weighted by molar-refractivity contribution is 7.92. The normalized spacial score (nSPS) is 12.9. The van der Waals surface area contributed by atoms with Gasteiger partial charge in [-0.3, -0.25) is 19.2 Å². The number of nitro benzene ring substituents is 1. The van der Waals surface area contributed by atoms with Gasteiger partial charge in [-0.25, -0.2) is 8.42 Å². The molecule has 12 heteroatoms. The number of benzene rings is 2. The molecule has 2 aromatic carbocycles. The van der Waals surface area contributed by atoms with Crippen LogP contribution < -0.4 is 9.62 Å². The Hall–Kier alpha value is -3.15. The van der Waals surface area contributed by atoms with E-state index in [1.165, 1.54) is 19.1 Å². The molecule has 0 aromatic heterocycles. The number of hydrogen-bond donors (Lipinski definition) is 1. The number of anilines is 2. The summed E-state index contributed by atoms with van der Waals surface area (Å²) in [5, 5.41) is 13.3. The van der Waals surface area contributed by atoms with Crippen molar-refractivity contribution in [1.29, 1.82) is 0 Å². The van der Waals surface area contributed by atoms with Crippen molar-refractivity contribution in [2.45, 2.75) is 19.1 Å². The summed E-state index contributed by atoms with van der Waals surface area (Å²) in [5.74, 6) is -0.832. The molecule has 2 aromatic rings. The van der Waals surface area contributed by atoms with Crippen LogP contribution in [-0.4, -0.2) is 31.5 Å². The van der Waals surface area contributed by atoms with Gasteiger partial charge in [-0.2, -0.15) is 13.2 Å². The maximum atomic E-state index is 12.6. The number of hydrogen-bond acceptors (Lipinski definition) is 5. The number of nitro groups is 1. The van der Waals surface area contributed by atoms with Gasteiger partial charge in [-0.1, -0.05) is 6.07 Å². The number of nitrogens with zero attached hydrogens (tertiary/aromatic N) is 2. The van der Waals surface area contributed by atoms with Gasteiger partial charge in [0.15, 0.2) is 0 Å². The molecular formula is C17H16F3N3O5S. The summed E-state index contributed by atoms with van der Waals surface area (Å²) in [6.07, 6.45) is -3.71. The van der Waals surface area contributed by atoms with Crippen molar-refractivity contribution >= 4 is 33.0 Å². The molecule has 0 bridgehead atoms. The first-order valence-corrected chi connectivity index (χ1v) is 9.87. The van der Waals surface area contributed by atoms with Crippen LogP contribution in [0.4, 0.5) is 30.2 Å². The third-order valence-corrected chi connectivity index (χ3v) is 5.10. The molecule has 1 N–H and O–H groups in total. The lowest BCUT2D eigenvalue weighted by Crippen LogP contribution is -2.45. The maximum absolute atomic E-state index is 12.6. The Morgan fingerprint density at radius 2 is 1.76 bits per heavy atom. The minimum atomic E-state index is -4.54. The van der Waals surface area contributed by atoms with Crippen molar-refractivity contribution in [3.8, 4) is 0 Å². The quantitative estimate of drug-likeness (QED) is 0.557. The van der Waals surface area contributed by atoms with E-state index in [0.29, 0.717) is 4.31 Å². The van der Waals surface area contributed by atoms with Gasteiger partial charge < -0.3 is 5.32 Å². The van der Waals surface area contributed by atoms with E-state index in [9.17, 15) is 36.5 Å². The second kappa shape index (κ2) is 8.07. The Labute approximate surface area is 164 Å². The lowest BCUT2D eigenvalue weighted by atomic mass is 10.2. The smallest absolute Gasteiger partial charge is 0.324 e. The Bertz CT molecular complexity index is 1020. The number of sulfonamides is 1. The SMILES string of the molecule is CC(C(=O)Nc1ccc(C(F)(F)F)cc1)N(c1cccc([N+](=O)[O-])c1)S(C)(=O)=O. The topological polar surface area (TPSA) is 110 Å². The van der Waals surface area contributed by atoms with Gasteiger partial charge in [0.2, 0.25) is 15.9 Å². The van der Waals surface area contributed by atoms with Crippen molar-refractivity contribution in [3.05, 3.63) is 64.2 Å². The molecule has 0 saturated heterocycles. The number of carbonyl (C=O) groups excluding carboxylic acids is 1. The van der Waals surface area contributed by atoms with Gasteiger partial charge in [0.1, 0.15) is 6.04 Å². The highest BCUT2D eigenvalue weighted by Gasteiger charge is 2.31. The summed E-state index contributed by atoms with van der Waals surface area (Å²) >= 11 is 0. The Balaban J connectivity index is 2.30. The van der Waals surface area contributed by atoms with Gasteiger partial charge in [0, 0.05) is 17.8 Å². The van der Waals surface area contributed by atoms with Gasteiger partial charge >= 0.3 is 6.18 Å². The van der Waals surface area contributed by atoms with E-state index in [2.05, 4.69) is 5.32 Å². The third kappa shape index (κ3) is 5.44. The fraction of sp³-hybridized carbons (Fsp3) is 0.235. The van der Waals surface area contributed by atoms with Crippen LogP contribution >= 0.6 is 0 Å². The van der Waals surface area contributed by atoms with E-state index in [1.807, 2.05) is 0 Å². The van der Waals surface area contributed by atoms with E-state index in [1.54, 1.807) is 0 Å². The van der Waals surface area contributed by atoms with Crippen LogP contribution in [0.1, 0.15) is 12.5 Å². The number of carbonyl (C=O) groups is 1. The van der Waals surface area contributed by atoms with Crippen molar-refractivity contribution < 1.29 is 31.3 Å². The molecule has 0 heterocycles. The molecule has 2 rings (SSSR count). The van der Waals surface area contributed by atoms with E-state index in [0.717, 1.165) is 42.7 Å². The average Bonchev–Trinajstić information content (AvgIpc) is 2.60. The van der Waals surface area contributed by atoms with E-state index >= 15 is 0 Å². The molecular weight excluding hydrogens is 415 g/mol. The molecule has 1 unspecified atom stereocenters. The molecule has 29 heavy (non-hydrogen) atoms. The largest absolute Gasteiger partial charge is 0.416 e. The molecule has 0 spiro atoms. The van der Waals surface area contributed by atoms with Gasteiger partial charge in [-0.05, 0) is 37.3 Å². The first-order chi connectivity index (χ1) is 13.3. The predicted octanol–water partition coefficient (Wildman–Crippen LogP) is 3.41. The fourth-order valence-corrected chi connectivity index (χ4v) is 3.71. The van der Waals surface area contributed by atoms with Gasteiger partial charge in [-0.15, -0.1) is 0 Å². The molecule has 1 amide bonds. The van der Waals surface area contributed by atoms with Crippen LogP contribution in [0.15, 0.2) is 48.5 Å². The lowest BCUT2D eigenvalue weighted by Gasteiger charge is -2.28. The Kier molecular flexibility index (Phi) is 6.16. The van der Waals surface area contributed by atoms with Gasteiger partial charge in [0.05, 0.1) is 22.4 Å². The molecule has 0 aliphatic carbocycles. The molecule has 0 radical (unpaired) electrons. The Morgan fingerprint density at radius 1 is 1.17 bits per heavy atom. The van der Waals surface area contributed by atoms with E-state index < -0.39 is 38.6 Å². The van der Waals surface area contributed by atoms with Crippen LogP contribution in [0.5, 0.6) is 0 Å². The number of rotatable bonds is 6. The van der Waals surface area contributed by atoms with Crippen molar-refractivity contribution in [3.63, 3.8) is 0 Å².